The molecule has 0 aliphatic heterocycles. The molecular weight excluding hydrogens is 276 g/mol. The van der Waals surface area contributed by atoms with Crippen LogP contribution in [0.3, 0.4) is 0 Å². The van der Waals surface area contributed by atoms with Crippen LogP contribution in [0.4, 0.5) is 17.1 Å². The third-order valence-corrected chi connectivity index (χ3v) is 3.62. The molecule has 5 N–H and O–H groups in total. The summed E-state index contributed by atoms with van der Waals surface area (Å²) in [5.41, 5.74) is 5.47. The van der Waals surface area contributed by atoms with Crippen LogP contribution in [-0.4, -0.2) is 26.2 Å². The van der Waals surface area contributed by atoms with Crippen LogP contribution in [0.25, 0.3) is 0 Å². The van der Waals surface area contributed by atoms with Gasteiger partial charge in [-0.15, -0.1) is 0 Å². The molecule has 0 atom stereocenters. The highest BCUT2D eigenvalue weighted by molar-refractivity contribution is 5.73. The Hall–Kier alpha value is -2.40. The van der Waals surface area contributed by atoms with Crippen LogP contribution in [0, 0.1) is 0 Å². The summed E-state index contributed by atoms with van der Waals surface area (Å²) in [6, 6.07) is 11.5. The van der Waals surface area contributed by atoms with Crippen LogP contribution >= 0.6 is 0 Å². The van der Waals surface area contributed by atoms with Crippen LogP contribution in [0.5, 0.6) is 5.75 Å². The zero-order valence-corrected chi connectivity index (χ0v) is 13.3. The van der Waals surface area contributed by atoms with Crippen molar-refractivity contribution < 1.29 is 5.11 Å². The van der Waals surface area contributed by atoms with E-state index in [-0.39, 0.29) is 0 Å². The van der Waals surface area contributed by atoms with Crippen molar-refractivity contribution in [3.05, 3.63) is 47.5 Å². The van der Waals surface area contributed by atoms with E-state index in [1.807, 2.05) is 33.3 Å². The van der Waals surface area contributed by atoms with Gasteiger partial charge in [0, 0.05) is 56.9 Å². The topological polar surface area (TPSA) is 68.3 Å². The summed E-state index contributed by atoms with van der Waals surface area (Å²) >= 11 is 0. The fourth-order valence-electron chi connectivity index (χ4n) is 2.45. The number of rotatable bonds is 7. The van der Waals surface area contributed by atoms with E-state index in [4.69, 9.17) is 0 Å². The molecule has 0 aromatic heterocycles. The number of aromatic hydroxyl groups is 1. The van der Waals surface area contributed by atoms with Gasteiger partial charge in [-0.2, -0.15) is 0 Å². The summed E-state index contributed by atoms with van der Waals surface area (Å²) in [6.45, 7) is 1.43. The average Bonchev–Trinajstić information content (AvgIpc) is 2.54. The lowest BCUT2D eigenvalue weighted by Gasteiger charge is -2.17. The molecule has 22 heavy (non-hydrogen) atoms. The third kappa shape index (κ3) is 3.83. The molecule has 0 heterocycles. The molecule has 0 aliphatic carbocycles. The second-order valence-corrected chi connectivity index (χ2v) is 5.07. The molecule has 0 amide bonds. The van der Waals surface area contributed by atoms with Crippen LogP contribution in [0.15, 0.2) is 36.4 Å². The van der Waals surface area contributed by atoms with E-state index in [2.05, 4.69) is 33.4 Å². The van der Waals surface area contributed by atoms with E-state index in [1.54, 1.807) is 12.1 Å². The van der Waals surface area contributed by atoms with Gasteiger partial charge < -0.3 is 26.4 Å². The molecule has 2 aromatic rings. The Bertz CT molecular complexity index is 603. The lowest BCUT2D eigenvalue weighted by Crippen LogP contribution is -2.15. The molecule has 0 radical (unpaired) electrons. The number of nitrogens with one attached hydrogen (secondary N) is 4. The highest BCUT2D eigenvalue weighted by Crippen LogP contribution is 2.29. The van der Waals surface area contributed by atoms with E-state index >= 15 is 0 Å². The van der Waals surface area contributed by atoms with Crippen molar-refractivity contribution in [3.8, 4) is 5.75 Å². The lowest BCUT2D eigenvalue weighted by atomic mass is 10.1. The van der Waals surface area contributed by atoms with Gasteiger partial charge >= 0.3 is 0 Å². The third-order valence-electron chi connectivity index (χ3n) is 3.62. The van der Waals surface area contributed by atoms with Crippen molar-refractivity contribution >= 4 is 17.1 Å². The number of anilines is 3. The van der Waals surface area contributed by atoms with E-state index in [9.17, 15) is 5.11 Å². The van der Waals surface area contributed by atoms with Gasteiger partial charge in [0.15, 0.2) is 0 Å². The van der Waals surface area contributed by atoms with Crippen molar-refractivity contribution in [2.45, 2.75) is 13.1 Å². The van der Waals surface area contributed by atoms with Crippen molar-refractivity contribution in [2.75, 3.05) is 37.1 Å². The Morgan fingerprint density at radius 3 is 2.09 bits per heavy atom. The quantitative estimate of drug-likeness (QED) is 0.544. The van der Waals surface area contributed by atoms with Gasteiger partial charge in [0.25, 0.3) is 0 Å². The predicted molar refractivity (Wildman–Crippen MR) is 93.7 cm³/mol. The Labute approximate surface area is 131 Å². The standard InChI is InChI=1S/C17H24N4O/c1-18-13-8-16(19-2)15(17(9-13)20-3)11-21-10-12-5-4-6-14(22)7-12/h4-9,18-22H,10-11H2,1-3H3. The van der Waals surface area contributed by atoms with Crippen molar-refractivity contribution in [1.82, 2.24) is 5.32 Å². The smallest absolute Gasteiger partial charge is 0.115 e. The predicted octanol–water partition coefficient (Wildman–Crippen LogP) is 2.81. The summed E-state index contributed by atoms with van der Waals surface area (Å²) in [7, 11) is 5.76. The van der Waals surface area contributed by atoms with Gasteiger partial charge in [0.05, 0.1) is 0 Å². The van der Waals surface area contributed by atoms with Gasteiger partial charge in [-0.05, 0) is 29.8 Å². The maximum Gasteiger partial charge on any atom is 0.115 e. The molecule has 5 heteroatoms. The first kappa shape index (κ1) is 16.0. The molecular formula is C17H24N4O. The molecule has 5 nitrogen and oxygen atoms in total. The maximum absolute atomic E-state index is 9.50. The van der Waals surface area contributed by atoms with E-state index in [1.165, 1.54) is 5.56 Å². The van der Waals surface area contributed by atoms with Gasteiger partial charge in [0.2, 0.25) is 0 Å². The summed E-state index contributed by atoms with van der Waals surface area (Å²) < 4.78 is 0. The Balaban J connectivity index is 2.11. The maximum atomic E-state index is 9.50. The Morgan fingerprint density at radius 2 is 1.55 bits per heavy atom. The van der Waals surface area contributed by atoms with Crippen LogP contribution in [0.1, 0.15) is 11.1 Å². The zero-order chi connectivity index (χ0) is 15.9. The molecule has 0 fully saturated rings. The summed E-state index contributed by atoms with van der Waals surface area (Å²) in [5, 5.41) is 22.6. The molecule has 0 saturated heterocycles. The number of phenolic OH excluding ortho intramolecular Hbond substituents is 1. The van der Waals surface area contributed by atoms with Crippen molar-refractivity contribution in [1.29, 1.82) is 0 Å². The van der Waals surface area contributed by atoms with Gasteiger partial charge in [-0.3, -0.25) is 0 Å². The van der Waals surface area contributed by atoms with Crippen molar-refractivity contribution in [3.63, 3.8) is 0 Å². The lowest BCUT2D eigenvalue weighted by molar-refractivity contribution is 0.474. The average molecular weight is 300 g/mol. The van der Waals surface area contributed by atoms with E-state index in [0.717, 1.165) is 29.2 Å². The fourth-order valence-corrected chi connectivity index (χ4v) is 2.45. The highest BCUT2D eigenvalue weighted by Gasteiger charge is 2.09. The first-order valence-corrected chi connectivity index (χ1v) is 7.36. The number of hydrogen-bond donors (Lipinski definition) is 5. The summed E-state index contributed by atoms with van der Waals surface area (Å²) in [6.07, 6.45) is 0. The zero-order valence-electron chi connectivity index (χ0n) is 13.3. The van der Waals surface area contributed by atoms with Crippen LogP contribution in [0.2, 0.25) is 0 Å². The first-order chi connectivity index (χ1) is 10.7. The Morgan fingerprint density at radius 1 is 0.864 bits per heavy atom. The SMILES string of the molecule is CNc1cc(NC)c(CNCc2cccc(O)c2)c(NC)c1. The number of hydrogen-bond acceptors (Lipinski definition) is 5. The molecule has 2 rings (SSSR count). The molecule has 0 aliphatic rings. The van der Waals surface area contributed by atoms with E-state index in [0.29, 0.717) is 12.3 Å². The number of benzene rings is 2. The summed E-state index contributed by atoms with van der Waals surface area (Å²) in [5.74, 6) is 0.296. The van der Waals surface area contributed by atoms with Gasteiger partial charge in [-0.1, -0.05) is 12.1 Å². The first-order valence-electron chi connectivity index (χ1n) is 7.36. The molecule has 118 valence electrons. The van der Waals surface area contributed by atoms with E-state index < -0.39 is 0 Å². The summed E-state index contributed by atoms with van der Waals surface area (Å²) in [4.78, 5) is 0. The monoisotopic (exact) mass is 300 g/mol. The molecule has 0 saturated carbocycles. The normalized spacial score (nSPS) is 10.3. The molecule has 0 unspecified atom stereocenters. The highest BCUT2D eigenvalue weighted by atomic mass is 16.3. The molecule has 2 aromatic carbocycles. The van der Waals surface area contributed by atoms with Crippen LogP contribution in [-0.2, 0) is 13.1 Å². The number of phenols is 1. The minimum Gasteiger partial charge on any atom is -0.508 e. The van der Waals surface area contributed by atoms with Crippen molar-refractivity contribution in [2.24, 2.45) is 0 Å². The molecule has 0 bridgehead atoms. The molecule has 0 spiro atoms. The van der Waals surface area contributed by atoms with Gasteiger partial charge in [0.1, 0.15) is 5.75 Å². The fraction of sp³-hybridized carbons (Fsp3) is 0.294. The van der Waals surface area contributed by atoms with Gasteiger partial charge in [-0.25, -0.2) is 0 Å². The minimum atomic E-state index is 0.296. The Kier molecular flexibility index (Phi) is 5.49. The second-order valence-electron chi connectivity index (χ2n) is 5.07. The minimum absolute atomic E-state index is 0.296. The second kappa shape index (κ2) is 7.56. The largest absolute Gasteiger partial charge is 0.508 e. The van der Waals surface area contributed by atoms with Crippen LogP contribution < -0.4 is 21.3 Å².